The van der Waals surface area contributed by atoms with Crippen LogP contribution >= 0.6 is 22.7 Å². The molecule has 1 amide bonds. The van der Waals surface area contributed by atoms with Crippen LogP contribution in [0.1, 0.15) is 5.56 Å². The maximum Gasteiger partial charge on any atom is 0.268 e. The molecule has 0 radical (unpaired) electrons. The van der Waals surface area contributed by atoms with Crippen molar-refractivity contribution in [1.82, 2.24) is 4.57 Å². The summed E-state index contributed by atoms with van der Waals surface area (Å²) in [6.45, 7) is 0. The van der Waals surface area contributed by atoms with Gasteiger partial charge in [0.05, 0.1) is 17.3 Å². The Morgan fingerprint density at radius 1 is 1.28 bits per heavy atom. The van der Waals surface area contributed by atoms with Gasteiger partial charge < -0.3 is 14.6 Å². The van der Waals surface area contributed by atoms with Gasteiger partial charge in [0.2, 0.25) is 0 Å². The highest BCUT2D eigenvalue weighted by molar-refractivity contribution is 7.08. The Labute approximate surface area is 152 Å². The summed E-state index contributed by atoms with van der Waals surface area (Å²) in [5, 5.41) is 6.70. The summed E-state index contributed by atoms with van der Waals surface area (Å²) in [5.41, 5.74) is 1.44. The summed E-state index contributed by atoms with van der Waals surface area (Å²) >= 11 is 2.86. The third kappa shape index (κ3) is 3.89. The van der Waals surface area contributed by atoms with Crippen molar-refractivity contribution in [1.29, 1.82) is 0 Å². The number of carbonyl (C=O) groups excluding carboxylic acids is 1. The molecule has 0 spiro atoms. The van der Waals surface area contributed by atoms with Gasteiger partial charge in [-0.15, -0.1) is 11.3 Å². The van der Waals surface area contributed by atoms with E-state index in [1.54, 1.807) is 37.6 Å². The Hall–Kier alpha value is -2.64. The molecule has 0 aliphatic rings. The summed E-state index contributed by atoms with van der Waals surface area (Å²) in [7, 11) is 3.20. The number of hydrogen-bond donors (Lipinski definition) is 1. The van der Waals surface area contributed by atoms with E-state index >= 15 is 0 Å². The van der Waals surface area contributed by atoms with Crippen LogP contribution in [0.4, 0.5) is 5.69 Å². The topological polar surface area (TPSA) is 60.3 Å². The van der Waals surface area contributed by atoms with Gasteiger partial charge in [0.1, 0.15) is 10.4 Å². The lowest BCUT2D eigenvalue weighted by Crippen LogP contribution is -2.29. The second-order valence-corrected chi connectivity index (χ2v) is 7.05. The highest BCUT2D eigenvalue weighted by Crippen LogP contribution is 2.22. The maximum absolute atomic E-state index is 12.3. The molecule has 2 aromatic heterocycles. The first-order valence-electron chi connectivity index (χ1n) is 7.44. The highest BCUT2D eigenvalue weighted by Gasteiger charge is 2.06. The molecule has 0 atom stereocenters. The summed E-state index contributed by atoms with van der Waals surface area (Å²) in [6.07, 6.45) is 3.25. The second kappa shape index (κ2) is 7.50. The van der Waals surface area contributed by atoms with Crippen molar-refractivity contribution in [3.63, 3.8) is 0 Å². The van der Waals surface area contributed by atoms with E-state index in [-0.39, 0.29) is 11.5 Å². The number of rotatable bonds is 4. The molecule has 2 heterocycles. The Kier molecular flexibility index (Phi) is 5.16. The molecule has 5 nitrogen and oxygen atoms in total. The zero-order chi connectivity index (χ0) is 17.8. The third-order valence-electron chi connectivity index (χ3n) is 3.52. The summed E-state index contributed by atoms with van der Waals surface area (Å²) < 4.78 is 7.87. The molecule has 3 rings (SSSR count). The number of para-hydroxylation sites is 2. The largest absolute Gasteiger partial charge is 0.495 e. The zero-order valence-corrected chi connectivity index (χ0v) is 15.3. The standard InChI is InChI=1S/C18H16N2O3S2/c1-20-17(25-15(18(20)22)9-12-7-8-24-11-12)10-16(21)19-13-5-3-4-6-14(13)23-2/h3-11H,1-2H3,(H,19,21)/b15-9+,17-10+. The number of hydrogen-bond acceptors (Lipinski definition) is 5. The number of carbonyl (C=O) groups is 1. The lowest BCUT2D eigenvalue weighted by molar-refractivity contribution is -0.110. The molecule has 0 fully saturated rings. The number of amides is 1. The van der Waals surface area contributed by atoms with Crippen LogP contribution < -0.4 is 24.8 Å². The van der Waals surface area contributed by atoms with Crippen LogP contribution in [0.15, 0.2) is 45.9 Å². The molecule has 0 bridgehead atoms. The predicted octanol–water partition coefficient (Wildman–Crippen LogP) is 1.76. The predicted molar refractivity (Wildman–Crippen MR) is 103 cm³/mol. The van der Waals surface area contributed by atoms with Gasteiger partial charge in [-0.1, -0.05) is 12.1 Å². The molecule has 3 aromatic rings. The average molecular weight is 372 g/mol. The molecule has 1 N–H and O–H groups in total. The summed E-state index contributed by atoms with van der Waals surface area (Å²) in [6, 6.07) is 9.11. The molecule has 128 valence electrons. The van der Waals surface area contributed by atoms with Crippen LogP contribution in [-0.2, 0) is 11.8 Å². The molecule has 0 aliphatic carbocycles. The zero-order valence-electron chi connectivity index (χ0n) is 13.7. The highest BCUT2D eigenvalue weighted by atomic mass is 32.1. The molecule has 7 heteroatoms. The van der Waals surface area contributed by atoms with Gasteiger partial charge in [-0.3, -0.25) is 9.59 Å². The van der Waals surface area contributed by atoms with Gasteiger partial charge in [-0.05, 0) is 40.6 Å². The average Bonchev–Trinajstić information content (AvgIpc) is 3.20. The molecular formula is C18H16N2O3S2. The smallest absolute Gasteiger partial charge is 0.268 e. The third-order valence-corrected chi connectivity index (χ3v) is 5.34. The maximum atomic E-state index is 12.3. The Balaban J connectivity index is 1.94. The van der Waals surface area contributed by atoms with E-state index in [1.165, 1.54) is 22.0 Å². The molecule has 0 saturated carbocycles. The number of ether oxygens (including phenoxy) is 1. The number of nitrogens with one attached hydrogen (secondary N) is 1. The molecule has 0 saturated heterocycles. The Morgan fingerprint density at radius 3 is 2.80 bits per heavy atom. The SMILES string of the molecule is COc1ccccc1NC(=O)/C=c1/s/c(=C/c2ccsc2)c(=O)n1C. The summed E-state index contributed by atoms with van der Waals surface area (Å²) in [4.78, 5) is 24.6. The number of methoxy groups -OCH3 is 1. The van der Waals surface area contributed by atoms with Crippen LogP contribution in [0.25, 0.3) is 12.2 Å². The van der Waals surface area contributed by atoms with Gasteiger partial charge >= 0.3 is 0 Å². The minimum atomic E-state index is -0.316. The van der Waals surface area contributed by atoms with E-state index in [1.807, 2.05) is 35.0 Å². The van der Waals surface area contributed by atoms with Crippen LogP contribution in [-0.4, -0.2) is 17.6 Å². The van der Waals surface area contributed by atoms with E-state index in [4.69, 9.17) is 4.74 Å². The minimum Gasteiger partial charge on any atom is -0.495 e. The number of benzene rings is 1. The van der Waals surface area contributed by atoms with Crippen molar-refractivity contribution in [3.8, 4) is 5.75 Å². The van der Waals surface area contributed by atoms with Crippen molar-refractivity contribution in [2.24, 2.45) is 7.05 Å². The molecule has 0 aliphatic heterocycles. The van der Waals surface area contributed by atoms with E-state index < -0.39 is 0 Å². The fourth-order valence-electron chi connectivity index (χ4n) is 2.25. The van der Waals surface area contributed by atoms with E-state index in [2.05, 4.69) is 5.32 Å². The fraction of sp³-hybridized carbons (Fsp3) is 0.111. The van der Waals surface area contributed by atoms with Gasteiger partial charge in [-0.2, -0.15) is 11.3 Å². The van der Waals surface area contributed by atoms with Crippen molar-refractivity contribution >= 4 is 46.4 Å². The molecule has 25 heavy (non-hydrogen) atoms. The second-order valence-electron chi connectivity index (χ2n) is 5.20. The first-order chi connectivity index (χ1) is 12.1. The quantitative estimate of drug-likeness (QED) is 0.759. The van der Waals surface area contributed by atoms with E-state index in [0.717, 1.165) is 5.56 Å². The number of thiophene rings is 1. The normalized spacial score (nSPS) is 12.4. The van der Waals surface area contributed by atoms with Crippen molar-refractivity contribution < 1.29 is 9.53 Å². The number of nitrogens with zero attached hydrogens (tertiary/aromatic N) is 1. The number of thiazole rings is 1. The first kappa shape index (κ1) is 17.2. The van der Waals surface area contributed by atoms with E-state index in [0.29, 0.717) is 20.6 Å². The monoisotopic (exact) mass is 372 g/mol. The van der Waals surface area contributed by atoms with Crippen LogP contribution in [0.3, 0.4) is 0 Å². The van der Waals surface area contributed by atoms with Crippen molar-refractivity contribution in [2.75, 3.05) is 12.4 Å². The number of anilines is 1. The van der Waals surface area contributed by atoms with Gasteiger partial charge in [-0.25, -0.2) is 0 Å². The fourth-order valence-corrected chi connectivity index (χ4v) is 3.89. The van der Waals surface area contributed by atoms with Crippen molar-refractivity contribution in [2.45, 2.75) is 0 Å². The molecular weight excluding hydrogens is 356 g/mol. The van der Waals surface area contributed by atoms with Gasteiger partial charge in [0.15, 0.2) is 0 Å². The Morgan fingerprint density at radius 2 is 2.08 bits per heavy atom. The van der Waals surface area contributed by atoms with Crippen LogP contribution in [0, 0.1) is 0 Å². The van der Waals surface area contributed by atoms with Crippen LogP contribution in [0.5, 0.6) is 5.75 Å². The molecule has 1 aromatic carbocycles. The number of aromatic nitrogens is 1. The first-order valence-corrected chi connectivity index (χ1v) is 9.20. The minimum absolute atomic E-state index is 0.118. The van der Waals surface area contributed by atoms with E-state index in [9.17, 15) is 9.59 Å². The lowest BCUT2D eigenvalue weighted by atomic mass is 10.3. The molecule has 0 unspecified atom stereocenters. The van der Waals surface area contributed by atoms with Gasteiger partial charge in [0.25, 0.3) is 11.5 Å². The van der Waals surface area contributed by atoms with Gasteiger partial charge in [0, 0.05) is 13.1 Å². The van der Waals surface area contributed by atoms with Crippen LogP contribution in [0.2, 0.25) is 0 Å². The Bertz CT molecular complexity index is 1060. The lowest BCUT2D eigenvalue weighted by Gasteiger charge is -2.07. The summed E-state index contributed by atoms with van der Waals surface area (Å²) in [5.74, 6) is 0.263. The van der Waals surface area contributed by atoms with Crippen molar-refractivity contribution in [3.05, 3.63) is 66.2 Å².